The molecule has 0 atom stereocenters. The van der Waals surface area contributed by atoms with Crippen molar-refractivity contribution in [3.05, 3.63) is 59.7 Å². The second-order valence-electron chi connectivity index (χ2n) is 7.95. The lowest BCUT2D eigenvalue weighted by atomic mass is 10.1. The van der Waals surface area contributed by atoms with E-state index < -0.39 is 0 Å². The lowest BCUT2D eigenvalue weighted by Gasteiger charge is -2.21. The minimum atomic E-state index is 0.0301. The molecule has 1 aliphatic heterocycles. The lowest BCUT2D eigenvalue weighted by molar-refractivity contribution is -0.122. The number of hydrogen-bond donors (Lipinski definition) is 1. The Hall–Kier alpha value is -2.62. The van der Waals surface area contributed by atoms with E-state index in [1.165, 1.54) is 11.1 Å². The van der Waals surface area contributed by atoms with Gasteiger partial charge in [-0.05, 0) is 55.4 Å². The van der Waals surface area contributed by atoms with Crippen molar-refractivity contribution in [1.29, 1.82) is 0 Å². The van der Waals surface area contributed by atoms with Crippen LogP contribution in [0.25, 0.3) is 0 Å². The highest BCUT2D eigenvalue weighted by Crippen LogP contribution is 2.35. The third-order valence-corrected chi connectivity index (χ3v) is 5.95. The molecular weight excluding hydrogens is 348 g/mol. The molecular formula is C24H28N2O2. The van der Waals surface area contributed by atoms with Crippen molar-refractivity contribution in [1.82, 2.24) is 0 Å². The Morgan fingerprint density at radius 3 is 2.61 bits per heavy atom. The second kappa shape index (κ2) is 8.59. The van der Waals surface area contributed by atoms with Crippen molar-refractivity contribution in [2.45, 2.75) is 51.4 Å². The number of carbonyl (C=O) groups excluding carboxylic acids is 2. The maximum Gasteiger partial charge on any atom is 0.230 e. The number of nitrogens with zero attached hydrogens (tertiary/aromatic N) is 1. The van der Waals surface area contributed by atoms with Gasteiger partial charge in [0.05, 0.1) is 0 Å². The van der Waals surface area contributed by atoms with Crippen LogP contribution in [0.1, 0.15) is 49.7 Å². The number of benzene rings is 2. The van der Waals surface area contributed by atoms with Crippen LogP contribution < -0.4 is 10.2 Å². The first-order valence-electron chi connectivity index (χ1n) is 10.5. The minimum absolute atomic E-state index is 0.0301. The highest BCUT2D eigenvalue weighted by molar-refractivity contribution is 5.98. The van der Waals surface area contributed by atoms with E-state index in [-0.39, 0.29) is 17.7 Å². The molecule has 1 saturated carbocycles. The number of amides is 2. The van der Waals surface area contributed by atoms with Gasteiger partial charge < -0.3 is 10.2 Å². The Kier molecular flexibility index (Phi) is 5.75. The predicted octanol–water partition coefficient (Wildman–Crippen LogP) is 4.73. The largest absolute Gasteiger partial charge is 0.326 e. The van der Waals surface area contributed by atoms with Crippen molar-refractivity contribution in [3.63, 3.8) is 0 Å². The zero-order chi connectivity index (χ0) is 19.3. The van der Waals surface area contributed by atoms with E-state index in [0.717, 1.165) is 62.9 Å². The molecule has 2 aromatic carbocycles. The van der Waals surface area contributed by atoms with Gasteiger partial charge in [0, 0.05) is 30.3 Å². The summed E-state index contributed by atoms with van der Waals surface area (Å²) in [5.74, 6) is 0.479. The van der Waals surface area contributed by atoms with E-state index in [0.29, 0.717) is 6.42 Å². The Morgan fingerprint density at radius 1 is 1.04 bits per heavy atom. The summed E-state index contributed by atoms with van der Waals surface area (Å²) in [5.41, 5.74) is 4.23. The molecule has 0 saturated heterocycles. The summed E-state index contributed by atoms with van der Waals surface area (Å²) in [5, 5.41) is 3.01. The summed E-state index contributed by atoms with van der Waals surface area (Å²) in [7, 11) is 0. The fraction of sp³-hybridized carbons (Fsp3) is 0.417. The Labute approximate surface area is 166 Å². The van der Waals surface area contributed by atoms with Gasteiger partial charge in [-0.15, -0.1) is 0 Å². The number of hydrogen-bond acceptors (Lipinski definition) is 2. The van der Waals surface area contributed by atoms with Gasteiger partial charge in [-0.3, -0.25) is 9.59 Å². The van der Waals surface area contributed by atoms with Crippen LogP contribution in [0.2, 0.25) is 0 Å². The molecule has 2 aliphatic rings. The van der Waals surface area contributed by atoms with E-state index in [1.54, 1.807) is 0 Å². The number of rotatable bonds is 6. The standard InChI is InChI=1S/C24H28N2O2/c27-23(12-6-9-18-7-2-1-3-8-18)25-21-14-13-19-15-16-26(22(19)17-21)24(28)20-10-4-5-11-20/h1-3,7-8,13-14,17,20H,4-6,9-12,15-16H2,(H,25,27). The van der Waals surface area contributed by atoms with Gasteiger partial charge in [0.25, 0.3) is 0 Å². The van der Waals surface area contributed by atoms with Gasteiger partial charge in [0.2, 0.25) is 11.8 Å². The maximum absolute atomic E-state index is 12.9. The maximum atomic E-state index is 12.9. The first kappa shape index (κ1) is 18.7. The molecule has 146 valence electrons. The first-order valence-corrected chi connectivity index (χ1v) is 10.5. The van der Waals surface area contributed by atoms with E-state index in [1.807, 2.05) is 35.2 Å². The van der Waals surface area contributed by atoms with E-state index in [9.17, 15) is 9.59 Å². The van der Waals surface area contributed by atoms with Gasteiger partial charge in [0.1, 0.15) is 0 Å². The molecule has 1 fully saturated rings. The normalized spacial score (nSPS) is 16.2. The zero-order valence-electron chi connectivity index (χ0n) is 16.3. The summed E-state index contributed by atoms with van der Waals surface area (Å²) in [6.45, 7) is 0.763. The van der Waals surface area contributed by atoms with Gasteiger partial charge in [-0.25, -0.2) is 0 Å². The molecule has 1 aliphatic carbocycles. The molecule has 4 heteroatoms. The Balaban J connectivity index is 1.35. The number of fused-ring (bicyclic) bond motifs is 1. The summed E-state index contributed by atoms with van der Waals surface area (Å²) >= 11 is 0. The predicted molar refractivity (Wildman–Crippen MR) is 112 cm³/mol. The molecule has 0 unspecified atom stereocenters. The molecule has 0 spiro atoms. The van der Waals surface area contributed by atoms with Crippen molar-refractivity contribution in [2.24, 2.45) is 5.92 Å². The monoisotopic (exact) mass is 376 g/mol. The van der Waals surface area contributed by atoms with Gasteiger partial charge in [-0.2, -0.15) is 0 Å². The SMILES string of the molecule is O=C(CCCc1ccccc1)Nc1ccc2c(c1)N(C(=O)C1CCCC1)CC2. The highest BCUT2D eigenvalue weighted by Gasteiger charge is 2.31. The average Bonchev–Trinajstić information content (AvgIpc) is 3.38. The van der Waals surface area contributed by atoms with Crippen molar-refractivity contribution >= 4 is 23.2 Å². The lowest BCUT2D eigenvalue weighted by Crippen LogP contribution is -2.33. The Morgan fingerprint density at radius 2 is 1.82 bits per heavy atom. The van der Waals surface area contributed by atoms with E-state index >= 15 is 0 Å². The summed E-state index contributed by atoms with van der Waals surface area (Å²) < 4.78 is 0. The molecule has 1 heterocycles. The molecule has 2 aromatic rings. The van der Waals surface area contributed by atoms with E-state index in [2.05, 4.69) is 23.5 Å². The molecule has 0 aromatic heterocycles. The molecule has 4 nitrogen and oxygen atoms in total. The first-order chi connectivity index (χ1) is 13.7. The molecule has 28 heavy (non-hydrogen) atoms. The van der Waals surface area contributed by atoms with Crippen molar-refractivity contribution in [2.75, 3.05) is 16.8 Å². The summed E-state index contributed by atoms with van der Waals surface area (Å²) in [6, 6.07) is 16.2. The number of anilines is 2. The third-order valence-electron chi connectivity index (χ3n) is 5.95. The summed E-state index contributed by atoms with van der Waals surface area (Å²) in [4.78, 5) is 27.1. The van der Waals surface area contributed by atoms with Crippen LogP contribution in [-0.4, -0.2) is 18.4 Å². The zero-order valence-corrected chi connectivity index (χ0v) is 16.3. The fourth-order valence-electron chi connectivity index (χ4n) is 4.40. The molecule has 2 amide bonds. The average molecular weight is 377 g/mol. The number of nitrogens with one attached hydrogen (secondary N) is 1. The third kappa shape index (κ3) is 4.27. The molecule has 1 N–H and O–H groups in total. The van der Waals surface area contributed by atoms with Crippen LogP contribution >= 0.6 is 0 Å². The fourth-order valence-corrected chi connectivity index (χ4v) is 4.40. The smallest absolute Gasteiger partial charge is 0.230 e. The van der Waals surface area contributed by atoms with Gasteiger partial charge in [-0.1, -0.05) is 49.2 Å². The van der Waals surface area contributed by atoms with E-state index in [4.69, 9.17) is 0 Å². The topological polar surface area (TPSA) is 49.4 Å². The Bertz CT molecular complexity index is 841. The van der Waals surface area contributed by atoms with Crippen molar-refractivity contribution < 1.29 is 9.59 Å². The van der Waals surface area contributed by atoms with Gasteiger partial charge >= 0.3 is 0 Å². The quantitative estimate of drug-likeness (QED) is 0.792. The van der Waals surface area contributed by atoms with Crippen LogP contribution in [0, 0.1) is 5.92 Å². The minimum Gasteiger partial charge on any atom is -0.326 e. The summed E-state index contributed by atoms with van der Waals surface area (Å²) in [6.07, 6.45) is 7.49. The van der Waals surface area contributed by atoms with Crippen molar-refractivity contribution in [3.8, 4) is 0 Å². The molecule has 0 bridgehead atoms. The van der Waals surface area contributed by atoms with Crippen LogP contribution in [0.4, 0.5) is 11.4 Å². The number of aryl methyl sites for hydroxylation is 1. The van der Waals surface area contributed by atoms with Crippen LogP contribution in [-0.2, 0) is 22.4 Å². The highest BCUT2D eigenvalue weighted by atomic mass is 16.2. The van der Waals surface area contributed by atoms with Crippen LogP contribution in [0.5, 0.6) is 0 Å². The van der Waals surface area contributed by atoms with Crippen LogP contribution in [0.15, 0.2) is 48.5 Å². The number of carbonyl (C=O) groups is 2. The molecule has 0 radical (unpaired) electrons. The van der Waals surface area contributed by atoms with Gasteiger partial charge in [0.15, 0.2) is 0 Å². The second-order valence-corrected chi connectivity index (χ2v) is 7.95. The molecule has 4 rings (SSSR count). The van der Waals surface area contributed by atoms with Crippen LogP contribution in [0.3, 0.4) is 0 Å².